The number of ether oxygens (including phenoxy) is 2. The molecule has 20 heavy (non-hydrogen) atoms. The van der Waals surface area contributed by atoms with Gasteiger partial charge in [-0.2, -0.15) is 0 Å². The van der Waals surface area contributed by atoms with Crippen LogP contribution in [0.4, 0.5) is 0 Å². The van der Waals surface area contributed by atoms with Crippen molar-refractivity contribution in [2.45, 2.75) is 71.4 Å². The lowest BCUT2D eigenvalue weighted by atomic mass is 9.88. The number of nitrogens with one attached hydrogen (secondary N) is 1. The van der Waals surface area contributed by atoms with Crippen LogP contribution in [0.15, 0.2) is 0 Å². The Labute approximate surface area is 123 Å². The minimum atomic E-state index is -0.733. The first-order chi connectivity index (χ1) is 9.53. The first-order valence-corrected chi connectivity index (χ1v) is 8.07. The maximum atomic E-state index is 12.2. The van der Waals surface area contributed by atoms with Crippen molar-refractivity contribution in [2.75, 3.05) is 19.8 Å². The second-order valence-corrected chi connectivity index (χ2v) is 6.09. The van der Waals surface area contributed by atoms with Crippen molar-refractivity contribution in [3.05, 3.63) is 0 Å². The summed E-state index contributed by atoms with van der Waals surface area (Å²) >= 11 is 0. The Kier molecular flexibility index (Phi) is 7.52. The molecule has 1 N–H and O–H groups in total. The predicted molar refractivity (Wildman–Crippen MR) is 80.7 cm³/mol. The van der Waals surface area contributed by atoms with Crippen LogP contribution in [0.5, 0.6) is 0 Å². The van der Waals surface area contributed by atoms with Crippen LogP contribution >= 0.6 is 0 Å². The highest BCUT2D eigenvalue weighted by atomic mass is 16.5. The predicted octanol–water partition coefficient (Wildman–Crippen LogP) is 2.90. The van der Waals surface area contributed by atoms with Crippen molar-refractivity contribution < 1.29 is 14.3 Å². The van der Waals surface area contributed by atoms with E-state index in [1.165, 1.54) is 19.3 Å². The zero-order chi connectivity index (χ0) is 15.0. The van der Waals surface area contributed by atoms with Gasteiger partial charge in [0, 0.05) is 0 Å². The molecule has 0 spiro atoms. The molecule has 0 aromatic rings. The molecule has 4 heteroatoms. The highest BCUT2D eigenvalue weighted by Crippen LogP contribution is 2.27. The van der Waals surface area contributed by atoms with Gasteiger partial charge in [-0.25, -0.2) is 4.79 Å². The smallest absolute Gasteiger partial charge is 0.328 e. The van der Waals surface area contributed by atoms with Gasteiger partial charge in [0.2, 0.25) is 0 Å². The number of hydrogen-bond donors (Lipinski definition) is 1. The van der Waals surface area contributed by atoms with E-state index >= 15 is 0 Å². The van der Waals surface area contributed by atoms with Crippen molar-refractivity contribution in [3.8, 4) is 0 Å². The van der Waals surface area contributed by atoms with Crippen molar-refractivity contribution in [1.82, 2.24) is 5.32 Å². The Morgan fingerprint density at radius 1 is 1.30 bits per heavy atom. The first kappa shape index (κ1) is 17.4. The van der Waals surface area contributed by atoms with Crippen molar-refractivity contribution in [1.29, 1.82) is 0 Å². The van der Waals surface area contributed by atoms with E-state index in [4.69, 9.17) is 9.47 Å². The molecule has 0 aromatic carbocycles. The minimum absolute atomic E-state index is 0.211. The second kappa shape index (κ2) is 8.63. The van der Waals surface area contributed by atoms with Gasteiger partial charge in [-0.1, -0.05) is 26.7 Å². The van der Waals surface area contributed by atoms with Gasteiger partial charge in [-0.15, -0.1) is 0 Å². The number of rotatable bonds is 8. The van der Waals surface area contributed by atoms with E-state index in [0.29, 0.717) is 19.1 Å². The number of carbonyl (C=O) groups is 1. The largest absolute Gasteiger partial charge is 0.465 e. The average molecular weight is 285 g/mol. The first-order valence-electron chi connectivity index (χ1n) is 8.07. The highest BCUT2D eigenvalue weighted by Gasteiger charge is 2.36. The van der Waals surface area contributed by atoms with Crippen LogP contribution in [0.3, 0.4) is 0 Å². The zero-order valence-electron chi connectivity index (χ0n) is 13.5. The van der Waals surface area contributed by atoms with Gasteiger partial charge in [0.05, 0.1) is 19.3 Å². The van der Waals surface area contributed by atoms with E-state index in [1.54, 1.807) is 0 Å². The summed E-state index contributed by atoms with van der Waals surface area (Å²) in [5.74, 6) is 0.373. The van der Waals surface area contributed by atoms with Crippen molar-refractivity contribution >= 4 is 5.97 Å². The van der Waals surface area contributed by atoms with E-state index in [0.717, 1.165) is 19.4 Å². The molecule has 3 unspecified atom stereocenters. The SMILES string of the molecule is CCCNC(C)(COC1CCCCC1C)C(=O)OCC. The summed E-state index contributed by atoms with van der Waals surface area (Å²) in [6, 6.07) is 0. The van der Waals surface area contributed by atoms with Gasteiger partial charge in [0.25, 0.3) is 0 Å². The third-order valence-electron chi connectivity index (χ3n) is 4.11. The third-order valence-corrected chi connectivity index (χ3v) is 4.11. The quantitative estimate of drug-likeness (QED) is 0.697. The zero-order valence-corrected chi connectivity index (χ0v) is 13.5. The fraction of sp³-hybridized carbons (Fsp3) is 0.938. The third kappa shape index (κ3) is 5.06. The molecule has 1 fully saturated rings. The molecule has 0 amide bonds. The number of esters is 1. The van der Waals surface area contributed by atoms with Crippen LogP contribution < -0.4 is 5.32 Å². The lowest BCUT2D eigenvalue weighted by molar-refractivity contribution is -0.155. The van der Waals surface area contributed by atoms with Crippen molar-refractivity contribution in [2.24, 2.45) is 5.92 Å². The summed E-state index contributed by atoms with van der Waals surface area (Å²) < 4.78 is 11.3. The van der Waals surface area contributed by atoms with E-state index in [9.17, 15) is 4.79 Å². The molecular weight excluding hydrogens is 254 g/mol. The molecule has 0 aromatic heterocycles. The highest BCUT2D eigenvalue weighted by molar-refractivity contribution is 5.80. The molecule has 0 aliphatic heterocycles. The molecule has 1 saturated carbocycles. The van der Waals surface area contributed by atoms with Gasteiger partial charge >= 0.3 is 5.97 Å². The van der Waals surface area contributed by atoms with Gasteiger partial charge in [0.1, 0.15) is 5.54 Å². The molecule has 1 aliphatic carbocycles. The Morgan fingerprint density at radius 2 is 2.00 bits per heavy atom. The molecule has 0 radical (unpaired) electrons. The van der Waals surface area contributed by atoms with Crippen LogP contribution in [-0.2, 0) is 14.3 Å². The molecule has 0 heterocycles. The van der Waals surface area contributed by atoms with Gasteiger partial charge < -0.3 is 14.8 Å². The van der Waals surface area contributed by atoms with Crippen LogP contribution in [0.2, 0.25) is 0 Å². The molecule has 0 saturated heterocycles. The van der Waals surface area contributed by atoms with Crippen LogP contribution in [0.25, 0.3) is 0 Å². The topological polar surface area (TPSA) is 47.6 Å². The van der Waals surface area contributed by atoms with Gasteiger partial charge in [-0.3, -0.25) is 0 Å². The maximum Gasteiger partial charge on any atom is 0.328 e. The van der Waals surface area contributed by atoms with Crippen LogP contribution in [-0.4, -0.2) is 37.4 Å². The fourth-order valence-electron chi connectivity index (χ4n) is 2.68. The molecule has 0 bridgehead atoms. The number of carbonyl (C=O) groups excluding carboxylic acids is 1. The van der Waals surface area contributed by atoms with Crippen molar-refractivity contribution in [3.63, 3.8) is 0 Å². The Morgan fingerprint density at radius 3 is 2.60 bits per heavy atom. The lowest BCUT2D eigenvalue weighted by Gasteiger charge is -2.34. The van der Waals surface area contributed by atoms with Gasteiger partial charge in [0.15, 0.2) is 0 Å². The maximum absolute atomic E-state index is 12.2. The van der Waals surface area contributed by atoms with E-state index in [-0.39, 0.29) is 12.1 Å². The summed E-state index contributed by atoms with van der Waals surface area (Å²) in [4.78, 5) is 12.2. The van der Waals surface area contributed by atoms with Crippen LogP contribution in [0, 0.1) is 5.92 Å². The molecule has 4 nitrogen and oxygen atoms in total. The standard InChI is InChI=1S/C16H31NO3/c1-5-11-17-16(4,15(18)19-6-2)12-20-14-10-8-7-9-13(14)3/h13-14,17H,5-12H2,1-4H3. The van der Waals surface area contributed by atoms with E-state index in [2.05, 4.69) is 19.2 Å². The summed E-state index contributed by atoms with van der Waals surface area (Å²) in [6.07, 6.45) is 6.12. The van der Waals surface area contributed by atoms with Gasteiger partial charge in [-0.05, 0) is 45.6 Å². The Balaban J connectivity index is 2.56. The van der Waals surface area contributed by atoms with E-state index < -0.39 is 5.54 Å². The molecular formula is C16H31NO3. The normalized spacial score (nSPS) is 26.0. The summed E-state index contributed by atoms with van der Waals surface area (Å²) in [5.41, 5.74) is -0.733. The Bertz CT molecular complexity index is 295. The van der Waals surface area contributed by atoms with E-state index in [1.807, 2.05) is 13.8 Å². The summed E-state index contributed by atoms with van der Waals surface area (Å²) in [5, 5.41) is 3.29. The lowest BCUT2D eigenvalue weighted by Crippen LogP contribution is -2.55. The summed E-state index contributed by atoms with van der Waals surface area (Å²) in [7, 11) is 0. The fourth-order valence-corrected chi connectivity index (χ4v) is 2.68. The minimum Gasteiger partial charge on any atom is -0.465 e. The van der Waals surface area contributed by atoms with Crippen LogP contribution in [0.1, 0.15) is 59.8 Å². The second-order valence-electron chi connectivity index (χ2n) is 6.09. The average Bonchev–Trinajstić information content (AvgIpc) is 2.44. The molecule has 1 rings (SSSR count). The Hall–Kier alpha value is -0.610. The molecule has 118 valence electrons. The summed E-state index contributed by atoms with van der Waals surface area (Å²) in [6.45, 7) is 9.63. The monoisotopic (exact) mass is 285 g/mol. The number of hydrogen-bond acceptors (Lipinski definition) is 4. The molecule has 3 atom stereocenters. The molecule has 1 aliphatic rings.